The highest BCUT2D eigenvalue weighted by atomic mass is 16.8. The van der Waals surface area contributed by atoms with Crippen LogP contribution < -0.4 is 5.32 Å². The second-order valence-corrected chi connectivity index (χ2v) is 26.4. The molecule has 19 nitrogen and oxygen atoms in total. The molecule has 19 heteroatoms. The van der Waals surface area contributed by atoms with Crippen LogP contribution in [0.4, 0.5) is 0 Å². The van der Waals surface area contributed by atoms with Crippen molar-refractivity contribution >= 4 is 5.91 Å². The normalized spacial score (nSPS) is 28.1. The fourth-order valence-electron chi connectivity index (χ4n) is 12.6. The third-order valence-corrected chi connectivity index (χ3v) is 18.5. The van der Waals surface area contributed by atoms with E-state index in [2.05, 4.69) is 31.3 Å². The second-order valence-electron chi connectivity index (χ2n) is 26.4. The molecule has 3 heterocycles. The van der Waals surface area contributed by atoms with Gasteiger partial charge in [-0.1, -0.05) is 276 Å². The fraction of sp³-hybridized carbons (Fsp3) is 0.930. The average molecular weight is 1290 g/mol. The van der Waals surface area contributed by atoms with Gasteiger partial charge in [-0.05, 0) is 32.1 Å². The number of hydrogen-bond acceptors (Lipinski definition) is 18. The number of allylic oxidation sites excluding steroid dienone is 3. The molecule has 90 heavy (non-hydrogen) atoms. The summed E-state index contributed by atoms with van der Waals surface area (Å²) in [4.78, 5) is 13.4. The largest absolute Gasteiger partial charge is 0.394 e. The number of ether oxygens (including phenoxy) is 6. The van der Waals surface area contributed by atoms with Crippen LogP contribution in [0.2, 0.25) is 0 Å². The maximum absolute atomic E-state index is 13.4. The minimum absolute atomic E-state index is 0.241. The van der Waals surface area contributed by atoms with E-state index in [0.29, 0.717) is 12.8 Å². The summed E-state index contributed by atoms with van der Waals surface area (Å²) in [5, 5.41) is 121. The smallest absolute Gasteiger partial charge is 0.220 e. The second kappa shape index (κ2) is 53.4. The topological polar surface area (TPSA) is 307 Å². The summed E-state index contributed by atoms with van der Waals surface area (Å²) in [7, 11) is 0. The lowest BCUT2D eigenvalue weighted by Gasteiger charge is -2.48. The van der Waals surface area contributed by atoms with Crippen LogP contribution in [-0.2, 0) is 33.2 Å². The van der Waals surface area contributed by atoms with Crippen molar-refractivity contribution < 1.29 is 89.4 Å². The Hall–Kier alpha value is -1.73. The molecule has 17 unspecified atom stereocenters. The van der Waals surface area contributed by atoms with Gasteiger partial charge in [-0.2, -0.15) is 0 Å². The zero-order valence-electron chi connectivity index (χ0n) is 56.1. The van der Waals surface area contributed by atoms with Gasteiger partial charge in [-0.3, -0.25) is 4.79 Å². The highest BCUT2D eigenvalue weighted by Crippen LogP contribution is 2.33. The SMILES string of the molecule is CCCCCCCCCCCCCCCCCCCCCC/C=C/CC/C=C/C(O)C(COC1OC(CO)C(OC2OC(CO)C(OC3OC(CO)C(O)C(O)C3O)C(O)C2O)C(O)C1O)NC(=O)CCCCCCCCCCCCCCCCCCCCC. The summed E-state index contributed by atoms with van der Waals surface area (Å²) >= 11 is 0. The van der Waals surface area contributed by atoms with Crippen molar-refractivity contribution in [2.75, 3.05) is 26.4 Å². The first-order chi connectivity index (χ1) is 43.8. The van der Waals surface area contributed by atoms with Gasteiger partial charge < -0.3 is 89.9 Å². The molecule has 0 aromatic rings. The molecule has 0 spiro atoms. The van der Waals surface area contributed by atoms with Gasteiger partial charge in [-0.25, -0.2) is 0 Å². The number of aliphatic hydroxyl groups is 11. The summed E-state index contributed by atoms with van der Waals surface area (Å²) < 4.78 is 34.4. The van der Waals surface area contributed by atoms with Crippen LogP contribution in [-0.4, -0.2) is 193 Å². The van der Waals surface area contributed by atoms with Crippen molar-refractivity contribution in [2.45, 2.75) is 394 Å². The minimum atomic E-state index is -1.98. The van der Waals surface area contributed by atoms with Crippen LogP contribution in [0.5, 0.6) is 0 Å². The lowest BCUT2D eigenvalue weighted by Crippen LogP contribution is -2.66. The third-order valence-electron chi connectivity index (χ3n) is 18.5. The highest BCUT2D eigenvalue weighted by molar-refractivity contribution is 5.76. The molecule has 1 amide bonds. The van der Waals surface area contributed by atoms with Crippen LogP contribution in [0, 0.1) is 0 Å². The number of unbranched alkanes of at least 4 members (excludes halogenated alkanes) is 39. The zero-order valence-corrected chi connectivity index (χ0v) is 56.1. The first-order valence-electron chi connectivity index (χ1n) is 36.6. The quantitative estimate of drug-likeness (QED) is 0.0199. The Morgan fingerprint density at radius 3 is 1.11 bits per heavy atom. The van der Waals surface area contributed by atoms with Gasteiger partial charge in [0.25, 0.3) is 0 Å². The summed E-state index contributed by atoms with van der Waals surface area (Å²) in [6.45, 7) is 1.76. The van der Waals surface area contributed by atoms with E-state index in [1.54, 1.807) is 6.08 Å². The molecule has 0 aliphatic carbocycles. The van der Waals surface area contributed by atoms with Crippen molar-refractivity contribution in [2.24, 2.45) is 0 Å². The van der Waals surface area contributed by atoms with E-state index < -0.39 is 124 Å². The Balaban J connectivity index is 1.43. The molecule has 0 aromatic carbocycles. The predicted molar refractivity (Wildman–Crippen MR) is 351 cm³/mol. The van der Waals surface area contributed by atoms with Gasteiger partial charge in [0.1, 0.15) is 73.2 Å². The lowest BCUT2D eigenvalue weighted by molar-refractivity contribution is -0.379. The Morgan fingerprint density at radius 1 is 0.389 bits per heavy atom. The summed E-state index contributed by atoms with van der Waals surface area (Å²) in [6.07, 6.45) is 34.5. The lowest BCUT2D eigenvalue weighted by atomic mass is 9.96. The first kappa shape index (κ1) is 82.5. The number of rotatable bonds is 57. The van der Waals surface area contributed by atoms with Crippen molar-refractivity contribution in [1.29, 1.82) is 0 Å². The van der Waals surface area contributed by atoms with Gasteiger partial charge in [0.15, 0.2) is 18.9 Å². The van der Waals surface area contributed by atoms with Crippen LogP contribution in [0.3, 0.4) is 0 Å². The molecule has 0 aromatic heterocycles. The minimum Gasteiger partial charge on any atom is -0.394 e. The van der Waals surface area contributed by atoms with E-state index in [4.69, 9.17) is 28.4 Å². The summed E-state index contributed by atoms with van der Waals surface area (Å²) in [5.41, 5.74) is 0. The Morgan fingerprint density at radius 2 is 0.711 bits per heavy atom. The summed E-state index contributed by atoms with van der Waals surface area (Å²) in [5.74, 6) is -0.280. The molecule has 0 bridgehead atoms. The summed E-state index contributed by atoms with van der Waals surface area (Å²) in [6, 6.07) is -0.987. The van der Waals surface area contributed by atoms with Gasteiger partial charge in [0.05, 0.1) is 38.6 Å². The molecule has 3 saturated heterocycles. The molecule has 0 radical (unpaired) electrons. The zero-order chi connectivity index (χ0) is 65.4. The molecule has 0 saturated carbocycles. The Bertz CT molecular complexity index is 1730. The van der Waals surface area contributed by atoms with Crippen molar-refractivity contribution in [3.63, 3.8) is 0 Å². The number of aliphatic hydroxyl groups excluding tert-OH is 11. The standard InChI is InChI=1S/C71H133NO18/c1-3-5-7-9-11-13-15-17-19-21-23-24-25-26-27-28-29-31-32-34-36-38-40-42-44-46-48-55(76)54(72-59(77)49-47-45-43-41-39-37-35-33-30-22-20-18-16-14-12-10-8-6-4-2)53-85-69-65(83)62(80)67(57(51-74)87-69)90-71-66(84)63(81)68(58(52-75)88-71)89-70-64(82)61(79)60(78)56(50-73)86-70/h38,40,46,48,54-58,60-71,73-76,78-84H,3-37,39,41-45,47,49-53H2,1-2H3,(H,72,77)/b40-38+,48-46+. The van der Waals surface area contributed by atoms with Crippen LogP contribution in [0.15, 0.2) is 24.3 Å². The van der Waals surface area contributed by atoms with Crippen LogP contribution in [0.1, 0.15) is 290 Å². The Labute approximate surface area is 543 Å². The molecule has 3 aliphatic rings. The predicted octanol–water partition coefficient (Wildman–Crippen LogP) is 10.2. The highest BCUT2D eigenvalue weighted by Gasteiger charge is 2.53. The number of carbonyl (C=O) groups is 1. The average Bonchev–Trinajstić information content (AvgIpc) is 1.32. The van der Waals surface area contributed by atoms with Gasteiger partial charge in [0, 0.05) is 6.42 Å². The Kier molecular flexibility index (Phi) is 49.0. The van der Waals surface area contributed by atoms with Gasteiger partial charge >= 0.3 is 0 Å². The number of hydrogen-bond donors (Lipinski definition) is 12. The van der Waals surface area contributed by atoms with E-state index in [-0.39, 0.29) is 18.9 Å². The maximum atomic E-state index is 13.4. The van der Waals surface area contributed by atoms with E-state index in [1.165, 1.54) is 218 Å². The fourth-order valence-corrected chi connectivity index (χ4v) is 12.6. The molecule has 3 fully saturated rings. The molecule has 530 valence electrons. The molecule has 3 rings (SSSR count). The van der Waals surface area contributed by atoms with E-state index in [9.17, 15) is 61.0 Å². The van der Waals surface area contributed by atoms with E-state index in [1.807, 2.05) is 6.08 Å². The van der Waals surface area contributed by atoms with Crippen LogP contribution >= 0.6 is 0 Å². The molecule has 17 atom stereocenters. The van der Waals surface area contributed by atoms with Gasteiger partial charge in [-0.15, -0.1) is 0 Å². The monoisotopic (exact) mass is 1290 g/mol. The molecule has 12 N–H and O–H groups in total. The van der Waals surface area contributed by atoms with Crippen LogP contribution in [0.25, 0.3) is 0 Å². The number of carbonyl (C=O) groups excluding carboxylic acids is 1. The van der Waals surface area contributed by atoms with Gasteiger partial charge in [0.2, 0.25) is 5.91 Å². The molecule has 3 aliphatic heterocycles. The van der Waals surface area contributed by atoms with Crippen molar-refractivity contribution in [3.8, 4) is 0 Å². The molecular formula is C71H133NO18. The van der Waals surface area contributed by atoms with E-state index in [0.717, 1.165) is 38.5 Å². The third kappa shape index (κ3) is 34.8. The maximum Gasteiger partial charge on any atom is 0.220 e. The number of amides is 1. The van der Waals surface area contributed by atoms with E-state index >= 15 is 0 Å². The number of nitrogens with one attached hydrogen (secondary N) is 1. The first-order valence-corrected chi connectivity index (χ1v) is 36.6. The molecular weight excluding hydrogens is 1150 g/mol. The van der Waals surface area contributed by atoms with Crippen molar-refractivity contribution in [1.82, 2.24) is 5.32 Å². The van der Waals surface area contributed by atoms with Crippen molar-refractivity contribution in [3.05, 3.63) is 24.3 Å².